The Morgan fingerprint density at radius 3 is 2.12 bits per heavy atom. The maximum atomic E-state index is 5.63. The van der Waals surface area contributed by atoms with Gasteiger partial charge in [0.15, 0.2) is 0 Å². The number of rotatable bonds is 8. The molecule has 0 atom stereocenters. The van der Waals surface area contributed by atoms with Gasteiger partial charge in [-0.25, -0.2) is 0 Å². The van der Waals surface area contributed by atoms with Gasteiger partial charge >= 0.3 is 0 Å². The molecule has 1 fully saturated rings. The normalized spacial score (nSPS) is 20.0. The number of hydrogen-bond acceptors (Lipinski definition) is 1. The Morgan fingerprint density at radius 2 is 1.54 bits per heavy atom. The summed E-state index contributed by atoms with van der Waals surface area (Å²) in [5.41, 5.74) is 5.58. The molecule has 0 heterocycles. The van der Waals surface area contributed by atoms with Crippen molar-refractivity contribution in [3.05, 3.63) is 72.3 Å². The first kappa shape index (κ1) is 18.9. The van der Waals surface area contributed by atoms with E-state index in [0.29, 0.717) is 12.5 Å². The molecule has 2 aromatic carbocycles. The second-order valence-corrected chi connectivity index (χ2v) is 7.61. The SMILES string of the molecule is C=CCOCC1CCC(c2ccc(-c3ccc(CCC)cc3)cc2)CC1. The summed E-state index contributed by atoms with van der Waals surface area (Å²) < 4.78 is 5.63. The largest absolute Gasteiger partial charge is 0.377 e. The van der Waals surface area contributed by atoms with Gasteiger partial charge in [0.25, 0.3) is 0 Å². The van der Waals surface area contributed by atoms with Gasteiger partial charge in [0.2, 0.25) is 0 Å². The molecule has 0 aromatic heterocycles. The average Bonchev–Trinajstić information content (AvgIpc) is 2.70. The third-order valence-electron chi connectivity index (χ3n) is 5.64. The summed E-state index contributed by atoms with van der Waals surface area (Å²) in [6.45, 7) is 7.52. The van der Waals surface area contributed by atoms with E-state index in [0.717, 1.165) is 12.5 Å². The Bertz CT molecular complexity index is 660. The van der Waals surface area contributed by atoms with Crippen molar-refractivity contribution in [2.24, 2.45) is 5.92 Å². The van der Waals surface area contributed by atoms with Crippen molar-refractivity contribution in [1.29, 1.82) is 0 Å². The van der Waals surface area contributed by atoms with Crippen molar-refractivity contribution in [2.45, 2.75) is 51.4 Å². The van der Waals surface area contributed by atoms with E-state index in [2.05, 4.69) is 62.0 Å². The van der Waals surface area contributed by atoms with Crippen LogP contribution in [0.15, 0.2) is 61.2 Å². The van der Waals surface area contributed by atoms with Gasteiger partial charge in [0.1, 0.15) is 0 Å². The molecule has 1 saturated carbocycles. The van der Waals surface area contributed by atoms with E-state index in [4.69, 9.17) is 4.74 Å². The lowest BCUT2D eigenvalue weighted by atomic mass is 9.79. The van der Waals surface area contributed by atoms with E-state index in [-0.39, 0.29) is 0 Å². The molecule has 0 unspecified atom stereocenters. The first-order valence-electron chi connectivity index (χ1n) is 10.2. The Kier molecular flexibility index (Phi) is 7.08. The van der Waals surface area contributed by atoms with Crippen LogP contribution in [0.2, 0.25) is 0 Å². The Morgan fingerprint density at radius 1 is 0.923 bits per heavy atom. The fraction of sp³-hybridized carbons (Fsp3) is 0.440. The summed E-state index contributed by atoms with van der Waals surface area (Å²) in [6, 6.07) is 18.3. The highest BCUT2D eigenvalue weighted by atomic mass is 16.5. The summed E-state index contributed by atoms with van der Waals surface area (Å²) in [4.78, 5) is 0. The van der Waals surface area contributed by atoms with E-state index < -0.39 is 0 Å². The third kappa shape index (κ3) is 5.08. The molecule has 1 aliphatic carbocycles. The van der Waals surface area contributed by atoms with Crippen LogP contribution in [-0.2, 0) is 11.2 Å². The fourth-order valence-electron chi connectivity index (χ4n) is 4.08. The molecule has 3 rings (SSSR count). The zero-order valence-electron chi connectivity index (χ0n) is 16.1. The van der Waals surface area contributed by atoms with E-state index in [1.165, 1.54) is 60.8 Å². The quantitative estimate of drug-likeness (QED) is 0.377. The lowest BCUT2D eigenvalue weighted by Crippen LogP contribution is -2.18. The minimum atomic E-state index is 0.681. The fourth-order valence-corrected chi connectivity index (χ4v) is 4.08. The molecule has 26 heavy (non-hydrogen) atoms. The number of hydrogen-bond donors (Lipinski definition) is 0. The van der Waals surface area contributed by atoms with Crippen LogP contribution in [0, 0.1) is 5.92 Å². The third-order valence-corrected chi connectivity index (χ3v) is 5.64. The van der Waals surface area contributed by atoms with Gasteiger partial charge in [-0.1, -0.05) is 68.0 Å². The van der Waals surface area contributed by atoms with Gasteiger partial charge in [-0.15, -0.1) is 6.58 Å². The monoisotopic (exact) mass is 348 g/mol. The molecule has 0 bridgehead atoms. The van der Waals surface area contributed by atoms with Crippen LogP contribution in [0.4, 0.5) is 0 Å². The van der Waals surface area contributed by atoms with Crippen LogP contribution in [0.3, 0.4) is 0 Å². The lowest BCUT2D eigenvalue weighted by molar-refractivity contribution is 0.102. The zero-order chi connectivity index (χ0) is 18.2. The molecule has 0 saturated heterocycles. The molecule has 0 N–H and O–H groups in total. The van der Waals surface area contributed by atoms with Crippen molar-refractivity contribution in [1.82, 2.24) is 0 Å². The van der Waals surface area contributed by atoms with Crippen molar-refractivity contribution in [2.75, 3.05) is 13.2 Å². The molecule has 1 nitrogen and oxygen atoms in total. The Hall–Kier alpha value is -1.86. The van der Waals surface area contributed by atoms with Crippen LogP contribution in [0.1, 0.15) is 56.1 Å². The molecular formula is C25H32O. The van der Waals surface area contributed by atoms with Crippen molar-refractivity contribution in [3.8, 4) is 11.1 Å². The summed E-state index contributed by atoms with van der Waals surface area (Å²) >= 11 is 0. The first-order valence-corrected chi connectivity index (χ1v) is 10.2. The topological polar surface area (TPSA) is 9.23 Å². The Balaban J connectivity index is 1.55. The van der Waals surface area contributed by atoms with E-state index in [1.54, 1.807) is 0 Å². The predicted molar refractivity (Wildman–Crippen MR) is 112 cm³/mol. The van der Waals surface area contributed by atoms with Gasteiger partial charge in [0, 0.05) is 6.61 Å². The van der Waals surface area contributed by atoms with Crippen molar-refractivity contribution in [3.63, 3.8) is 0 Å². The summed E-state index contributed by atoms with van der Waals surface area (Å²) in [5.74, 6) is 1.44. The highest BCUT2D eigenvalue weighted by Crippen LogP contribution is 2.36. The molecule has 1 aliphatic rings. The molecule has 2 aromatic rings. The Labute approximate surface area is 159 Å². The van der Waals surface area contributed by atoms with Crippen LogP contribution >= 0.6 is 0 Å². The van der Waals surface area contributed by atoms with Crippen molar-refractivity contribution >= 4 is 0 Å². The van der Waals surface area contributed by atoms with E-state index in [1.807, 2.05) is 6.08 Å². The second kappa shape index (κ2) is 9.73. The van der Waals surface area contributed by atoms with Gasteiger partial charge < -0.3 is 4.74 Å². The number of aryl methyl sites for hydroxylation is 1. The van der Waals surface area contributed by atoms with Crippen LogP contribution in [-0.4, -0.2) is 13.2 Å². The minimum Gasteiger partial charge on any atom is -0.377 e. The molecular weight excluding hydrogens is 316 g/mol. The van der Waals surface area contributed by atoms with Crippen LogP contribution < -0.4 is 0 Å². The maximum absolute atomic E-state index is 5.63. The van der Waals surface area contributed by atoms with Gasteiger partial charge in [-0.2, -0.15) is 0 Å². The predicted octanol–water partition coefficient (Wildman–Crippen LogP) is 6.78. The number of ether oxygens (including phenoxy) is 1. The zero-order valence-corrected chi connectivity index (χ0v) is 16.1. The van der Waals surface area contributed by atoms with Gasteiger partial charge in [-0.3, -0.25) is 0 Å². The minimum absolute atomic E-state index is 0.681. The first-order chi connectivity index (χ1) is 12.8. The molecule has 0 aliphatic heterocycles. The maximum Gasteiger partial charge on any atom is 0.0644 e. The van der Waals surface area contributed by atoms with Gasteiger partial charge in [-0.05, 0) is 66.2 Å². The number of benzene rings is 2. The van der Waals surface area contributed by atoms with Gasteiger partial charge in [0.05, 0.1) is 6.61 Å². The lowest BCUT2D eigenvalue weighted by Gasteiger charge is -2.28. The van der Waals surface area contributed by atoms with E-state index >= 15 is 0 Å². The molecule has 0 spiro atoms. The van der Waals surface area contributed by atoms with Crippen molar-refractivity contribution < 1.29 is 4.74 Å². The van der Waals surface area contributed by atoms with Crippen LogP contribution in [0.5, 0.6) is 0 Å². The van der Waals surface area contributed by atoms with E-state index in [9.17, 15) is 0 Å². The highest BCUT2D eigenvalue weighted by Gasteiger charge is 2.22. The smallest absolute Gasteiger partial charge is 0.0644 e. The standard InChI is InChI=1S/C25H32O/c1-3-5-20-6-10-22(11-7-20)24-14-16-25(17-15-24)23-12-8-21(9-13-23)19-26-18-4-2/h4,6-7,10-11,14-17,21,23H,2-3,5,8-9,12-13,18-19H2,1H3. The summed E-state index contributed by atoms with van der Waals surface area (Å²) in [5, 5.41) is 0. The summed E-state index contributed by atoms with van der Waals surface area (Å²) in [6.07, 6.45) is 9.34. The molecule has 1 heteroatoms. The average molecular weight is 349 g/mol. The van der Waals surface area contributed by atoms with Crippen LogP contribution in [0.25, 0.3) is 11.1 Å². The summed E-state index contributed by atoms with van der Waals surface area (Å²) in [7, 11) is 0. The molecule has 0 amide bonds. The molecule has 0 radical (unpaired) electrons. The second-order valence-electron chi connectivity index (χ2n) is 7.61. The highest BCUT2D eigenvalue weighted by molar-refractivity contribution is 5.64. The molecule has 138 valence electrons.